The van der Waals surface area contributed by atoms with Gasteiger partial charge in [0.25, 0.3) is 0 Å². The number of benzene rings is 2. The third kappa shape index (κ3) is 3.75. The van der Waals surface area contributed by atoms with Gasteiger partial charge >= 0.3 is 0 Å². The van der Waals surface area contributed by atoms with Gasteiger partial charge in [-0.2, -0.15) is 5.10 Å². The number of anilines is 1. The van der Waals surface area contributed by atoms with E-state index in [1.807, 2.05) is 35.7 Å². The molecule has 0 aliphatic carbocycles. The van der Waals surface area contributed by atoms with E-state index in [1.54, 1.807) is 13.0 Å². The van der Waals surface area contributed by atoms with E-state index in [0.29, 0.717) is 21.3 Å². The Balaban J connectivity index is 1.72. The molecule has 0 bridgehead atoms. The Labute approximate surface area is 142 Å². The third-order valence-corrected chi connectivity index (χ3v) is 4.37. The average Bonchev–Trinajstić information content (AvgIpc) is 3.02. The van der Waals surface area contributed by atoms with Crippen LogP contribution in [0.15, 0.2) is 52.9 Å². The van der Waals surface area contributed by atoms with Crippen LogP contribution in [0.25, 0.3) is 11.3 Å². The highest BCUT2D eigenvalue weighted by Gasteiger charge is 2.05. The molecular formula is C17H13ClFN3S. The molecule has 0 unspecified atom stereocenters. The molecule has 3 rings (SSSR count). The van der Waals surface area contributed by atoms with Crippen molar-refractivity contribution >= 4 is 34.3 Å². The maximum absolute atomic E-state index is 13.8. The number of halogens is 2. The van der Waals surface area contributed by atoms with Gasteiger partial charge in [-0.05, 0) is 24.6 Å². The molecule has 0 amide bonds. The van der Waals surface area contributed by atoms with Crippen molar-refractivity contribution in [1.29, 1.82) is 0 Å². The standard InChI is InChI=1S/C17H13ClFN3S/c1-11-7-15(19)13(8-14(11)18)9-20-22-17-21-16(10-23-17)12-5-3-2-4-6-12/h2-10H,1H3,(H,21,22). The average molecular weight is 346 g/mol. The molecule has 1 heterocycles. The van der Waals surface area contributed by atoms with Gasteiger partial charge in [0.1, 0.15) is 5.82 Å². The molecule has 0 aliphatic rings. The van der Waals surface area contributed by atoms with Crippen LogP contribution in [0.1, 0.15) is 11.1 Å². The second-order valence-electron chi connectivity index (χ2n) is 4.90. The van der Waals surface area contributed by atoms with Gasteiger partial charge in [0, 0.05) is 21.5 Å². The minimum atomic E-state index is -0.360. The lowest BCUT2D eigenvalue weighted by Gasteiger charge is -2.01. The first kappa shape index (κ1) is 15.6. The van der Waals surface area contributed by atoms with E-state index in [2.05, 4.69) is 15.5 Å². The first-order valence-electron chi connectivity index (χ1n) is 6.89. The lowest BCUT2D eigenvalue weighted by Crippen LogP contribution is -1.94. The Kier molecular flexibility index (Phi) is 4.69. The molecule has 0 saturated carbocycles. The van der Waals surface area contributed by atoms with Crippen molar-refractivity contribution in [2.75, 3.05) is 5.43 Å². The number of nitrogens with zero attached hydrogens (tertiary/aromatic N) is 2. The fraction of sp³-hybridized carbons (Fsp3) is 0.0588. The van der Waals surface area contributed by atoms with Crippen LogP contribution in [0.2, 0.25) is 5.02 Å². The maximum Gasteiger partial charge on any atom is 0.203 e. The van der Waals surface area contributed by atoms with Crippen LogP contribution in [0, 0.1) is 12.7 Å². The van der Waals surface area contributed by atoms with Gasteiger partial charge in [-0.15, -0.1) is 11.3 Å². The summed E-state index contributed by atoms with van der Waals surface area (Å²) >= 11 is 7.43. The fourth-order valence-electron chi connectivity index (χ4n) is 1.98. The number of hydrazone groups is 1. The molecular weight excluding hydrogens is 333 g/mol. The second kappa shape index (κ2) is 6.89. The number of hydrogen-bond acceptors (Lipinski definition) is 4. The van der Waals surface area contributed by atoms with Gasteiger partial charge in [-0.3, -0.25) is 5.43 Å². The summed E-state index contributed by atoms with van der Waals surface area (Å²) in [6.07, 6.45) is 1.39. The quantitative estimate of drug-likeness (QED) is 0.510. The first-order valence-corrected chi connectivity index (χ1v) is 8.15. The fourth-order valence-corrected chi connectivity index (χ4v) is 2.82. The Morgan fingerprint density at radius 2 is 2.04 bits per heavy atom. The normalized spacial score (nSPS) is 11.1. The van der Waals surface area contributed by atoms with E-state index >= 15 is 0 Å². The lowest BCUT2D eigenvalue weighted by atomic mass is 10.1. The molecule has 1 aromatic heterocycles. The van der Waals surface area contributed by atoms with Crippen molar-refractivity contribution in [2.24, 2.45) is 5.10 Å². The van der Waals surface area contributed by atoms with Crippen molar-refractivity contribution in [3.63, 3.8) is 0 Å². The molecule has 0 aliphatic heterocycles. The SMILES string of the molecule is Cc1cc(F)c(C=NNc2nc(-c3ccccc3)cs2)cc1Cl. The van der Waals surface area contributed by atoms with Crippen molar-refractivity contribution in [2.45, 2.75) is 6.92 Å². The van der Waals surface area contributed by atoms with Crippen LogP contribution in [0.4, 0.5) is 9.52 Å². The van der Waals surface area contributed by atoms with Crippen LogP contribution in [-0.4, -0.2) is 11.2 Å². The smallest absolute Gasteiger partial charge is 0.203 e. The topological polar surface area (TPSA) is 37.3 Å². The second-order valence-corrected chi connectivity index (χ2v) is 6.16. The summed E-state index contributed by atoms with van der Waals surface area (Å²) in [5.41, 5.74) is 5.75. The monoisotopic (exact) mass is 345 g/mol. The number of aryl methyl sites for hydroxylation is 1. The summed E-state index contributed by atoms with van der Waals surface area (Å²) in [6.45, 7) is 1.76. The summed E-state index contributed by atoms with van der Waals surface area (Å²) < 4.78 is 13.8. The number of hydrogen-bond donors (Lipinski definition) is 1. The summed E-state index contributed by atoms with van der Waals surface area (Å²) in [6, 6.07) is 12.8. The van der Waals surface area contributed by atoms with Crippen LogP contribution in [0.5, 0.6) is 0 Å². The highest BCUT2D eigenvalue weighted by Crippen LogP contribution is 2.24. The largest absolute Gasteiger partial charge is 0.253 e. The number of nitrogens with one attached hydrogen (secondary N) is 1. The zero-order valence-corrected chi connectivity index (χ0v) is 13.8. The molecule has 0 radical (unpaired) electrons. The minimum absolute atomic E-state index is 0.327. The molecule has 1 N–H and O–H groups in total. The molecule has 6 heteroatoms. The molecule has 3 nitrogen and oxygen atoms in total. The zero-order chi connectivity index (χ0) is 16.2. The number of aromatic nitrogens is 1. The van der Waals surface area contributed by atoms with Gasteiger partial charge in [0.05, 0.1) is 11.9 Å². The molecule has 0 fully saturated rings. The highest BCUT2D eigenvalue weighted by molar-refractivity contribution is 7.14. The van der Waals surface area contributed by atoms with Crippen LogP contribution in [-0.2, 0) is 0 Å². The molecule has 0 spiro atoms. The van der Waals surface area contributed by atoms with Gasteiger partial charge in [-0.25, -0.2) is 9.37 Å². The van der Waals surface area contributed by atoms with Crippen molar-refractivity contribution in [3.8, 4) is 11.3 Å². The van der Waals surface area contributed by atoms with Crippen molar-refractivity contribution in [3.05, 3.63) is 69.8 Å². The molecule has 116 valence electrons. The third-order valence-electron chi connectivity index (χ3n) is 3.22. The van der Waals surface area contributed by atoms with Crippen LogP contribution >= 0.6 is 22.9 Å². The summed E-state index contributed by atoms with van der Waals surface area (Å²) in [7, 11) is 0. The zero-order valence-electron chi connectivity index (χ0n) is 12.3. The van der Waals surface area contributed by atoms with Gasteiger partial charge in [0.15, 0.2) is 0 Å². The molecule has 2 aromatic carbocycles. The number of thiazole rings is 1. The van der Waals surface area contributed by atoms with E-state index in [1.165, 1.54) is 23.6 Å². The first-order chi connectivity index (χ1) is 11.1. The Morgan fingerprint density at radius 3 is 2.83 bits per heavy atom. The van der Waals surface area contributed by atoms with Crippen LogP contribution < -0.4 is 5.43 Å². The Morgan fingerprint density at radius 1 is 1.26 bits per heavy atom. The van der Waals surface area contributed by atoms with E-state index in [4.69, 9.17) is 11.6 Å². The van der Waals surface area contributed by atoms with E-state index in [9.17, 15) is 4.39 Å². The Bertz CT molecular complexity index is 846. The Hall–Kier alpha value is -2.24. The van der Waals surface area contributed by atoms with E-state index in [-0.39, 0.29) is 5.82 Å². The van der Waals surface area contributed by atoms with Gasteiger partial charge in [0.2, 0.25) is 5.13 Å². The molecule has 0 saturated heterocycles. The van der Waals surface area contributed by atoms with Crippen LogP contribution in [0.3, 0.4) is 0 Å². The van der Waals surface area contributed by atoms with Crippen molar-refractivity contribution < 1.29 is 4.39 Å². The van der Waals surface area contributed by atoms with Gasteiger partial charge < -0.3 is 0 Å². The van der Waals surface area contributed by atoms with Gasteiger partial charge in [-0.1, -0.05) is 41.9 Å². The molecule has 23 heavy (non-hydrogen) atoms. The number of rotatable bonds is 4. The highest BCUT2D eigenvalue weighted by atomic mass is 35.5. The lowest BCUT2D eigenvalue weighted by molar-refractivity contribution is 0.625. The summed E-state index contributed by atoms with van der Waals surface area (Å²) in [5, 5.41) is 7.11. The predicted molar refractivity (Wildman–Crippen MR) is 94.9 cm³/mol. The van der Waals surface area contributed by atoms with Crippen molar-refractivity contribution in [1.82, 2.24) is 4.98 Å². The van der Waals surface area contributed by atoms with E-state index < -0.39 is 0 Å². The maximum atomic E-state index is 13.8. The molecule has 0 atom stereocenters. The summed E-state index contributed by atoms with van der Waals surface area (Å²) in [5.74, 6) is -0.360. The van der Waals surface area contributed by atoms with E-state index in [0.717, 1.165) is 11.3 Å². The predicted octanol–water partition coefficient (Wildman–Crippen LogP) is 5.36. The molecule has 3 aromatic rings. The summed E-state index contributed by atoms with van der Waals surface area (Å²) in [4.78, 5) is 4.44. The minimum Gasteiger partial charge on any atom is -0.253 e.